The molecule has 12 atom stereocenters. The summed E-state index contributed by atoms with van der Waals surface area (Å²) in [5, 5.41) is 59.2. The molecule has 12 unspecified atom stereocenters. The Bertz CT molecular complexity index is 1960. The molecule has 3 saturated heterocycles. The van der Waals surface area contributed by atoms with E-state index in [1.165, 1.54) is 0 Å². The summed E-state index contributed by atoms with van der Waals surface area (Å²) < 4.78 is 22.6. The van der Waals surface area contributed by atoms with Gasteiger partial charge in [-0.05, 0) is 96.5 Å². The van der Waals surface area contributed by atoms with Gasteiger partial charge in [0.25, 0.3) is 0 Å². The summed E-state index contributed by atoms with van der Waals surface area (Å²) >= 11 is 0. The van der Waals surface area contributed by atoms with E-state index in [1.807, 2.05) is 48.5 Å². The van der Waals surface area contributed by atoms with Gasteiger partial charge in [0.05, 0.1) is 28.4 Å². The second-order valence-corrected chi connectivity index (χ2v) is 16.9. The average molecular weight is 817 g/mol. The zero-order valence-corrected chi connectivity index (χ0v) is 34.4. The molecule has 12 nitrogen and oxygen atoms in total. The normalized spacial score (nSPS) is 31.9. The first-order chi connectivity index (χ1) is 29.2. The molecule has 5 aliphatic rings. The van der Waals surface area contributed by atoms with Crippen LogP contribution in [-0.4, -0.2) is 97.2 Å². The van der Waals surface area contributed by atoms with Gasteiger partial charge in [-0.2, -0.15) is 0 Å². The third kappa shape index (κ3) is 7.29. The van der Waals surface area contributed by atoms with Gasteiger partial charge in [-0.25, -0.2) is 0 Å². The number of nitrogens with one attached hydrogen (secondary N) is 4. The van der Waals surface area contributed by atoms with Crippen molar-refractivity contribution in [2.24, 2.45) is 0 Å². The molecular weight excluding hydrogens is 761 g/mol. The Morgan fingerprint density at radius 1 is 0.367 bits per heavy atom. The fraction of sp³-hybridized carbons (Fsp3) is 0.417. The molecule has 4 aromatic carbocycles. The first kappa shape index (κ1) is 40.0. The van der Waals surface area contributed by atoms with E-state index in [9.17, 15) is 20.4 Å². The Hall–Kier alpha value is -5.40. The van der Waals surface area contributed by atoms with Crippen LogP contribution in [0, 0.1) is 0 Å². The maximum Gasteiger partial charge on any atom is 0.160 e. The topological polar surface area (TPSA) is 166 Å². The predicted molar refractivity (Wildman–Crippen MR) is 229 cm³/mol. The smallest absolute Gasteiger partial charge is 0.160 e. The Balaban J connectivity index is 1.17. The van der Waals surface area contributed by atoms with Gasteiger partial charge in [-0.15, -0.1) is 0 Å². The van der Waals surface area contributed by atoms with E-state index >= 15 is 0 Å². The average Bonchev–Trinajstić information content (AvgIpc) is 4.11. The van der Waals surface area contributed by atoms with Crippen LogP contribution in [0.2, 0.25) is 0 Å². The van der Waals surface area contributed by atoms with Crippen LogP contribution in [-0.2, 0) is 0 Å². The lowest BCUT2D eigenvalue weighted by molar-refractivity contribution is 0.314. The standard InChI is InChI=1S/C48H56N4O8/c1-57-41-21-25(5-17-37(41)53)45-29-9-11-31(49-29)46(26-6-18-38(54)42(22-26)58-2)33-13-15-35(51-33)48(28-8-20-40(56)44(24-28)60-4)36-16-14-34(52-36)47(32-12-10-30(45)50-32)27-7-19-39(55)43(23-27)59-3/h5-9,11,14,16-24,29-36,45-56H,10,12-13,15H2,1-4H3. The highest BCUT2D eigenvalue weighted by atomic mass is 16.5. The number of phenols is 4. The molecule has 0 amide bonds. The SMILES string of the molecule is COc1cc(C2C3C=CC(N3)C(c3ccc(O)c(OC)c3)C3CCC(N3)C(c3ccc(O)c(OC)c3)C3C=CC(N3)C(c3ccc(O)c(OC)c3)C3CCC2N3)ccc1O. The third-order valence-electron chi connectivity index (χ3n) is 13.9. The minimum absolute atomic E-state index is 0.0263. The Morgan fingerprint density at radius 3 is 0.817 bits per heavy atom. The van der Waals surface area contributed by atoms with Crippen molar-refractivity contribution in [3.05, 3.63) is 119 Å². The van der Waals surface area contributed by atoms with Crippen LogP contribution in [0.5, 0.6) is 46.0 Å². The summed E-state index contributed by atoms with van der Waals surface area (Å²) in [5.41, 5.74) is 4.23. The minimum atomic E-state index is -0.0644. The van der Waals surface area contributed by atoms with Crippen LogP contribution in [0.25, 0.3) is 0 Å². The first-order valence-electron chi connectivity index (χ1n) is 21.1. The molecule has 0 aliphatic carbocycles. The molecule has 12 heteroatoms. The molecule has 3 fully saturated rings. The van der Waals surface area contributed by atoms with Gasteiger partial charge >= 0.3 is 0 Å². The zero-order valence-electron chi connectivity index (χ0n) is 34.4. The van der Waals surface area contributed by atoms with E-state index < -0.39 is 0 Å². The minimum Gasteiger partial charge on any atom is -0.504 e. The Labute approximate surface area is 351 Å². The second-order valence-electron chi connectivity index (χ2n) is 16.9. The molecule has 0 saturated carbocycles. The van der Waals surface area contributed by atoms with Crippen LogP contribution < -0.4 is 40.2 Å². The molecule has 8 bridgehead atoms. The van der Waals surface area contributed by atoms with Crippen LogP contribution in [0.4, 0.5) is 0 Å². The van der Waals surface area contributed by atoms with Gasteiger partial charge in [0.15, 0.2) is 46.0 Å². The fourth-order valence-corrected chi connectivity index (χ4v) is 11.1. The lowest BCUT2D eigenvalue weighted by atomic mass is 9.83. The molecule has 5 aliphatic heterocycles. The number of phenolic OH excluding ortho intramolecular Hbond substituents is 4. The molecule has 0 radical (unpaired) electrons. The summed E-state index contributed by atoms with van der Waals surface area (Å²) in [6.07, 6.45) is 12.8. The molecule has 316 valence electrons. The van der Waals surface area contributed by atoms with Gasteiger partial charge < -0.3 is 60.6 Å². The van der Waals surface area contributed by atoms with E-state index in [-0.39, 0.29) is 95.0 Å². The van der Waals surface area contributed by atoms with Crippen molar-refractivity contribution in [3.63, 3.8) is 0 Å². The number of hydrogen-bond acceptors (Lipinski definition) is 12. The zero-order chi connectivity index (χ0) is 41.7. The van der Waals surface area contributed by atoms with Crippen LogP contribution >= 0.6 is 0 Å². The molecular formula is C48H56N4O8. The maximum atomic E-state index is 10.7. The van der Waals surface area contributed by atoms with E-state index in [1.54, 1.807) is 52.7 Å². The highest BCUT2D eigenvalue weighted by Crippen LogP contribution is 2.46. The van der Waals surface area contributed by atoms with E-state index in [2.05, 4.69) is 45.6 Å². The number of benzene rings is 4. The Kier molecular flexibility index (Phi) is 11.1. The summed E-state index contributed by atoms with van der Waals surface area (Å²) in [6, 6.07) is 22.8. The second kappa shape index (κ2) is 16.6. The molecule has 9 rings (SSSR count). The van der Waals surface area contributed by atoms with Gasteiger partial charge in [0.1, 0.15) is 0 Å². The first-order valence-corrected chi connectivity index (χ1v) is 21.1. The maximum absolute atomic E-state index is 10.7. The van der Waals surface area contributed by atoms with E-state index in [4.69, 9.17) is 18.9 Å². The van der Waals surface area contributed by atoms with Gasteiger partial charge in [0.2, 0.25) is 0 Å². The van der Waals surface area contributed by atoms with Crippen LogP contribution in [0.3, 0.4) is 0 Å². The predicted octanol–water partition coefficient (Wildman–Crippen LogP) is 6.03. The lowest BCUT2D eigenvalue weighted by Crippen LogP contribution is -2.52. The van der Waals surface area contributed by atoms with Crippen molar-refractivity contribution < 1.29 is 39.4 Å². The monoisotopic (exact) mass is 816 g/mol. The number of fused-ring (bicyclic) bond motifs is 8. The number of aromatic hydroxyl groups is 4. The van der Waals surface area contributed by atoms with Crippen molar-refractivity contribution >= 4 is 0 Å². The summed E-state index contributed by atoms with van der Waals surface area (Å²) in [4.78, 5) is 0. The van der Waals surface area contributed by atoms with Gasteiger partial charge in [-0.3, -0.25) is 0 Å². The summed E-state index contributed by atoms with van der Waals surface area (Å²) in [6.45, 7) is 0. The van der Waals surface area contributed by atoms with Crippen molar-refractivity contribution in [3.8, 4) is 46.0 Å². The highest BCUT2D eigenvalue weighted by molar-refractivity contribution is 5.49. The molecule has 0 aromatic heterocycles. The molecule has 4 aromatic rings. The van der Waals surface area contributed by atoms with Crippen LogP contribution in [0.15, 0.2) is 97.1 Å². The summed E-state index contributed by atoms with van der Waals surface area (Å²) in [5.74, 6) is 2.03. The van der Waals surface area contributed by atoms with Crippen molar-refractivity contribution in [1.82, 2.24) is 21.3 Å². The summed E-state index contributed by atoms with van der Waals surface area (Å²) in [7, 11) is 6.33. The largest absolute Gasteiger partial charge is 0.504 e. The number of rotatable bonds is 8. The van der Waals surface area contributed by atoms with Crippen molar-refractivity contribution in [2.75, 3.05) is 28.4 Å². The molecule has 8 N–H and O–H groups in total. The highest BCUT2D eigenvalue weighted by Gasteiger charge is 2.47. The van der Waals surface area contributed by atoms with Gasteiger partial charge in [0, 0.05) is 72.0 Å². The quantitative estimate of drug-likeness (QED) is 0.0977. The van der Waals surface area contributed by atoms with Gasteiger partial charge in [-0.1, -0.05) is 48.6 Å². The van der Waals surface area contributed by atoms with Crippen molar-refractivity contribution in [1.29, 1.82) is 0 Å². The molecule has 0 spiro atoms. The van der Waals surface area contributed by atoms with E-state index in [0.29, 0.717) is 23.0 Å². The van der Waals surface area contributed by atoms with Crippen molar-refractivity contribution in [2.45, 2.75) is 97.7 Å². The third-order valence-corrected chi connectivity index (χ3v) is 13.9. The fourth-order valence-electron chi connectivity index (χ4n) is 11.1. The molecule has 60 heavy (non-hydrogen) atoms. The lowest BCUT2D eigenvalue weighted by Gasteiger charge is -2.38. The number of hydrogen-bond donors (Lipinski definition) is 8. The number of methoxy groups -OCH3 is 4. The molecule has 5 heterocycles. The number of ether oxygens (including phenoxy) is 4. The van der Waals surface area contributed by atoms with E-state index in [0.717, 1.165) is 47.9 Å². The Morgan fingerprint density at radius 2 is 0.600 bits per heavy atom. The van der Waals surface area contributed by atoms with Crippen LogP contribution in [0.1, 0.15) is 71.6 Å².